The minimum atomic E-state index is 0.0134. The second-order valence-corrected chi connectivity index (χ2v) is 3.28. The van der Waals surface area contributed by atoms with E-state index in [0.717, 1.165) is 11.3 Å². The summed E-state index contributed by atoms with van der Waals surface area (Å²) in [5.41, 5.74) is 6.55. The van der Waals surface area contributed by atoms with Crippen molar-refractivity contribution in [2.75, 3.05) is 13.2 Å². The standard InChI is InChI=1S/C11H18N2O2/c1-3-14-8-9(2)15-11-7-13-5-4-10(11)6-12/h4-5,7,9H,3,6,8,12H2,1-2H3. The third-order valence-corrected chi connectivity index (χ3v) is 1.97. The highest BCUT2D eigenvalue weighted by atomic mass is 16.5. The quantitative estimate of drug-likeness (QED) is 0.770. The van der Waals surface area contributed by atoms with Gasteiger partial charge in [0.1, 0.15) is 11.9 Å². The van der Waals surface area contributed by atoms with Crippen molar-refractivity contribution >= 4 is 0 Å². The van der Waals surface area contributed by atoms with Crippen LogP contribution in [-0.4, -0.2) is 24.3 Å². The van der Waals surface area contributed by atoms with E-state index < -0.39 is 0 Å². The highest BCUT2D eigenvalue weighted by Crippen LogP contribution is 2.17. The van der Waals surface area contributed by atoms with E-state index in [-0.39, 0.29) is 6.10 Å². The molecule has 4 heteroatoms. The molecule has 0 aliphatic rings. The van der Waals surface area contributed by atoms with Crippen molar-refractivity contribution < 1.29 is 9.47 Å². The Labute approximate surface area is 90.4 Å². The van der Waals surface area contributed by atoms with E-state index in [1.165, 1.54) is 0 Å². The molecule has 0 spiro atoms. The Kier molecular flexibility index (Phi) is 5.07. The summed E-state index contributed by atoms with van der Waals surface area (Å²) in [4.78, 5) is 4.01. The van der Waals surface area contributed by atoms with Gasteiger partial charge in [0.05, 0.1) is 12.8 Å². The molecule has 2 N–H and O–H groups in total. The van der Waals surface area contributed by atoms with E-state index in [2.05, 4.69) is 4.98 Å². The molecule has 0 aliphatic carbocycles. The topological polar surface area (TPSA) is 57.4 Å². The Morgan fingerprint density at radius 3 is 3.00 bits per heavy atom. The van der Waals surface area contributed by atoms with Gasteiger partial charge in [-0.25, -0.2) is 0 Å². The van der Waals surface area contributed by atoms with Crippen molar-refractivity contribution in [1.82, 2.24) is 4.98 Å². The molecular weight excluding hydrogens is 192 g/mol. The molecule has 0 saturated heterocycles. The maximum Gasteiger partial charge on any atom is 0.142 e. The van der Waals surface area contributed by atoms with E-state index in [1.807, 2.05) is 19.9 Å². The maximum absolute atomic E-state index is 5.67. The lowest BCUT2D eigenvalue weighted by atomic mass is 10.2. The molecule has 0 saturated carbocycles. The van der Waals surface area contributed by atoms with Crippen LogP contribution < -0.4 is 10.5 Å². The summed E-state index contributed by atoms with van der Waals surface area (Å²) < 4.78 is 10.9. The first-order valence-electron chi connectivity index (χ1n) is 5.15. The summed E-state index contributed by atoms with van der Waals surface area (Å²) in [6.07, 6.45) is 3.41. The van der Waals surface area contributed by atoms with Crippen LogP contribution in [0.2, 0.25) is 0 Å². The van der Waals surface area contributed by atoms with E-state index in [9.17, 15) is 0 Å². The number of nitrogens with zero attached hydrogens (tertiary/aromatic N) is 1. The second-order valence-electron chi connectivity index (χ2n) is 3.28. The largest absolute Gasteiger partial charge is 0.486 e. The molecular formula is C11H18N2O2. The molecule has 0 amide bonds. The van der Waals surface area contributed by atoms with Crippen LogP contribution in [0.1, 0.15) is 19.4 Å². The van der Waals surface area contributed by atoms with Crippen LogP contribution in [0, 0.1) is 0 Å². The third kappa shape index (κ3) is 3.85. The van der Waals surface area contributed by atoms with Gasteiger partial charge in [0.2, 0.25) is 0 Å². The van der Waals surface area contributed by atoms with Gasteiger partial charge in [-0.05, 0) is 19.9 Å². The van der Waals surface area contributed by atoms with E-state index in [0.29, 0.717) is 19.8 Å². The number of nitrogens with two attached hydrogens (primary N) is 1. The van der Waals surface area contributed by atoms with Gasteiger partial charge in [0, 0.05) is 24.9 Å². The number of hydrogen-bond acceptors (Lipinski definition) is 4. The third-order valence-electron chi connectivity index (χ3n) is 1.97. The summed E-state index contributed by atoms with van der Waals surface area (Å²) in [7, 11) is 0. The van der Waals surface area contributed by atoms with Gasteiger partial charge in [-0.1, -0.05) is 0 Å². The predicted octanol–water partition coefficient (Wildman–Crippen LogP) is 1.34. The van der Waals surface area contributed by atoms with Crippen molar-refractivity contribution in [2.24, 2.45) is 5.73 Å². The smallest absolute Gasteiger partial charge is 0.142 e. The van der Waals surface area contributed by atoms with Gasteiger partial charge in [0.25, 0.3) is 0 Å². The summed E-state index contributed by atoms with van der Waals surface area (Å²) in [6.45, 7) is 5.66. The first-order chi connectivity index (χ1) is 7.27. The Bertz CT molecular complexity index is 292. The fourth-order valence-corrected chi connectivity index (χ4v) is 1.22. The highest BCUT2D eigenvalue weighted by molar-refractivity contribution is 5.29. The maximum atomic E-state index is 5.67. The van der Waals surface area contributed by atoms with Gasteiger partial charge < -0.3 is 15.2 Å². The normalized spacial score (nSPS) is 12.5. The van der Waals surface area contributed by atoms with E-state index >= 15 is 0 Å². The van der Waals surface area contributed by atoms with Crippen molar-refractivity contribution in [1.29, 1.82) is 0 Å². The van der Waals surface area contributed by atoms with Crippen LogP contribution in [0.25, 0.3) is 0 Å². The Morgan fingerprint density at radius 2 is 2.33 bits per heavy atom. The highest BCUT2D eigenvalue weighted by Gasteiger charge is 2.07. The fraction of sp³-hybridized carbons (Fsp3) is 0.545. The average Bonchev–Trinajstić information content (AvgIpc) is 2.27. The molecule has 0 bridgehead atoms. The van der Waals surface area contributed by atoms with Crippen LogP contribution in [0.5, 0.6) is 5.75 Å². The zero-order chi connectivity index (χ0) is 11.1. The van der Waals surface area contributed by atoms with E-state index in [4.69, 9.17) is 15.2 Å². The summed E-state index contributed by atoms with van der Waals surface area (Å²) >= 11 is 0. The molecule has 84 valence electrons. The zero-order valence-corrected chi connectivity index (χ0v) is 9.27. The van der Waals surface area contributed by atoms with Crippen LogP contribution in [-0.2, 0) is 11.3 Å². The first kappa shape index (κ1) is 11.9. The molecule has 1 heterocycles. The van der Waals surface area contributed by atoms with Crippen LogP contribution in [0.15, 0.2) is 18.5 Å². The van der Waals surface area contributed by atoms with Gasteiger partial charge >= 0.3 is 0 Å². The molecule has 0 aromatic carbocycles. The molecule has 0 aliphatic heterocycles. The van der Waals surface area contributed by atoms with E-state index in [1.54, 1.807) is 12.4 Å². The molecule has 0 fully saturated rings. The predicted molar refractivity (Wildman–Crippen MR) is 58.7 cm³/mol. The molecule has 4 nitrogen and oxygen atoms in total. The molecule has 15 heavy (non-hydrogen) atoms. The molecule has 1 rings (SSSR count). The van der Waals surface area contributed by atoms with Gasteiger partial charge in [-0.15, -0.1) is 0 Å². The molecule has 1 unspecified atom stereocenters. The minimum Gasteiger partial charge on any atom is -0.486 e. The Balaban J connectivity index is 2.55. The number of rotatable bonds is 6. The summed E-state index contributed by atoms with van der Waals surface area (Å²) in [6, 6.07) is 1.86. The molecule has 1 aromatic heterocycles. The van der Waals surface area contributed by atoms with Crippen LogP contribution >= 0.6 is 0 Å². The van der Waals surface area contributed by atoms with Crippen molar-refractivity contribution in [3.05, 3.63) is 24.0 Å². The van der Waals surface area contributed by atoms with Crippen molar-refractivity contribution in [2.45, 2.75) is 26.5 Å². The zero-order valence-electron chi connectivity index (χ0n) is 9.27. The second kappa shape index (κ2) is 6.37. The lowest BCUT2D eigenvalue weighted by Gasteiger charge is -2.16. The first-order valence-corrected chi connectivity index (χ1v) is 5.15. The number of ether oxygens (including phenoxy) is 2. The molecule has 1 aromatic rings. The lowest BCUT2D eigenvalue weighted by Crippen LogP contribution is -2.20. The van der Waals surface area contributed by atoms with Crippen LogP contribution in [0.4, 0.5) is 0 Å². The van der Waals surface area contributed by atoms with Gasteiger partial charge in [0.15, 0.2) is 0 Å². The minimum absolute atomic E-state index is 0.0134. The summed E-state index contributed by atoms with van der Waals surface area (Å²) in [5, 5.41) is 0. The fourth-order valence-electron chi connectivity index (χ4n) is 1.22. The average molecular weight is 210 g/mol. The Morgan fingerprint density at radius 1 is 1.53 bits per heavy atom. The van der Waals surface area contributed by atoms with Crippen molar-refractivity contribution in [3.63, 3.8) is 0 Å². The van der Waals surface area contributed by atoms with Crippen molar-refractivity contribution in [3.8, 4) is 5.75 Å². The number of pyridine rings is 1. The molecule has 0 radical (unpaired) electrons. The monoisotopic (exact) mass is 210 g/mol. The van der Waals surface area contributed by atoms with Crippen LogP contribution in [0.3, 0.4) is 0 Å². The Hall–Kier alpha value is -1.13. The molecule has 1 atom stereocenters. The van der Waals surface area contributed by atoms with Gasteiger partial charge in [-0.2, -0.15) is 0 Å². The lowest BCUT2D eigenvalue weighted by molar-refractivity contribution is 0.0650. The van der Waals surface area contributed by atoms with Gasteiger partial charge in [-0.3, -0.25) is 4.98 Å². The number of aromatic nitrogens is 1. The number of hydrogen-bond donors (Lipinski definition) is 1. The summed E-state index contributed by atoms with van der Waals surface area (Å²) in [5.74, 6) is 0.743. The SMILES string of the molecule is CCOCC(C)Oc1cnccc1CN.